The number of fused-ring (bicyclic) bond motifs is 4. The second-order valence-electron chi connectivity index (χ2n) is 9.39. The minimum Gasteiger partial charge on any atom is -0.514 e. The summed E-state index contributed by atoms with van der Waals surface area (Å²) < 4.78 is 12.4. The molecule has 180 valence electrons. The van der Waals surface area contributed by atoms with E-state index in [0.717, 1.165) is 28.5 Å². The normalized spacial score (nSPS) is 18.0. The molecule has 3 aromatic carbocycles. The average molecular weight is 645 g/mol. The van der Waals surface area contributed by atoms with Crippen molar-refractivity contribution < 1.29 is 35.6 Å². The Hall–Kier alpha value is -3.17. The molecule has 0 saturated heterocycles. The summed E-state index contributed by atoms with van der Waals surface area (Å²) in [5, 5.41) is 11.2. The number of aliphatic imine (C=N–C) groups is 1. The summed E-state index contributed by atoms with van der Waals surface area (Å²) in [6.07, 6.45) is 0.895. The zero-order chi connectivity index (χ0) is 23.4. The molecule has 0 unspecified atom stereocenters. The number of benzene rings is 3. The van der Waals surface area contributed by atoms with Crippen molar-refractivity contribution >= 4 is 16.8 Å². The van der Waals surface area contributed by atoms with Crippen molar-refractivity contribution in [1.29, 1.82) is 0 Å². The van der Waals surface area contributed by atoms with Crippen LogP contribution in [0.5, 0.6) is 17.4 Å². The van der Waals surface area contributed by atoms with Crippen molar-refractivity contribution in [3.63, 3.8) is 0 Å². The molecule has 1 aliphatic heterocycles. The van der Waals surface area contributed by atoms with Crippen LogP contribution >= 0.6 is 0 Å². The summed E-state index contributed by atoms with van der Waals surface area (Å²) in [5.74, 6) is 1.98. The van der Waals surface area contributed by atoms with Crippen LogP contribution in [0.4, 0.5) is 0 Å². The molecule has 1 aliphatic carbocycles. The van der Waals surface area contributed by atoms with Gasteiger partial charge in [0.25, 0.3) is 0 Å². The minimum atomic E-state index is 0. The molecule has 6 heteroatoms. The molecule has 0 spiro atoms. The van der Waals surface area contributed by atoms with E-state index in [1.54, 1.807) is 6.07 Å². The molecule has 2 atom stereocenters. The van der Waals surface area contributed by atoms with Crippen LogP contribution in [0.1, 0.15) is 53.6 Å². The van der Waals surface area contributed by atoms with Gasteiger partial charge in [0.15, 0.2) is 0 Å². The molecule has 0 amide bonds. The number of hydrogen-bond acceptors (Lipinski definition) is 5. The first-order chi connectivity index (χ1) is 16.4. The molecule has 5 nitrogen and oxygen atoms in total. The summed E-state index contributed by atoms with van der Waals surface area (Å²) in [6.45, 7) is 6.22. The Bertz CT molecular complexity index is 1460. The summed E-state index contributed by atoms with van der Waals surface area (Å²) in [4.78, 5) is 9.46. The Balaban J connectivity index is 0.00000253. The maximum atomic E-state index is 10.3. The summed E-state index contributed by atoms with van der Waals surface area (Å²) in [6, 6.07) is 23.2. The Labute approximate surface area is 219 Å². The SMILES string of the molecule is Cc1cc(O)c2nc(Oc3[c-]c(C4=N[C@H]5c6ccccc6C[C@@H]5O4)cc(C(C)C)c3)ccc2c1.[Pt]. The average Bonchev–Trinajstić information content (AvgIpc) is 3.37. The van der Waals surface area contributed by atoms with E-state index in [0.29, 0.717) is 23.0 Å². The van der Waals surface area contributed by atoms with Crippen LogP contribution in [0.25, 0.3) is 10.9 Å². The van der Waals surface area contributed by atoms with Crippen LogP contribution in [-0.2, 0) is 32.2 Å². The van der Waals surface area contributed by atoms with Crippen molar-refractivity contribution in [2.24, 2.45) is 4.99 Å². The largest absolute Gasteiger partial charge is 0.514 e. The van der Waals surface area contributed by atoms with Gasteiger partial charge in [-0.3, -0.25) is 4.99 Å². The fourth-order valence-electron chi connectivity index (χ4n) is 4.81. The zero-order valence-corrected chi connectivity index (χ0v) is 22.0. The molecule has 0 bridgehead atoms. The number of aromatic hydroxyl groups is 1. The van der Waals surface area contributed by atoms with Crippen molar-refractivity contribution in [2.45, 2.75) is 45.3 Å². The topological polar surface area (TPSA) is 63.9 Å². The molecule has 2 heterocycles. The van der Waals surface area contributed by atoms with E-state index in [1.807, 2.05) is 31.2 Å². The number of aromatic nitrogens is 1. The van der Waals surface area contributed by atoms with Gasteiger partial charge >= 0.3 is 0 Å². The van der Waals surface area contributed by atoms with Crippen molar-refractivity contribution in [3.8, 4) is 17.4 Å². The van der Waals surface area contributed by atoms with E-state index in [4.69, 9.17) is 14.5 Å². The van der Waals surface area contributed by atoms with Gasteiger partial charge in [-0.15, -0.1) is 11.6 Å². The van der Waals surface area contributed by atoms with Crippen LogP contribution in [0.15, 0.2) is 65.7 Å². The molecule has 4 aromatic rings. The van der Waals surface area contributed by atoms with Crippen LogP contribution in [0, 0.1) is 13.0 Å². The minimum absolute atomic E-state index is 0. The Morgan fingerprint density at radius 2 is 1.91 bits per heavy atom. The zero-order valence-electron chi connectivity index (χ0n) is 19.7. The third kappa shape index (κ3) is 4.34. The number of phenols is 1. The van der Waals surface area contributed by atoms with Gasteiger partial charge in [0, 0.05) is 44.7 Å². The van der Waals surface area contributed by atoms with Gasteiger partial charge in [-0.25, -0.2) is 4.98 Å². The van der Waals surface area contributed by atoms with Crippen molar-refractivity contribution in [1.82, 2.24) is 4.98 Å². The molecule has 1 N–H and O–H groups in total. The summed E-state index contributed by atoms with van der Waals surface area (Å²) >= 11 is 0. The van der Waals surface area contributed by atoms with Gasteiger partial charge in [0.1, 0.15) is 29.3 Å². The fourth-order valence-corrected chi connectivity index (χ4v) is 4.81. The van der Waals surface area contributed by atoms with E-state index < -0.39 is 0 Å². The number of phenolic OH excluding ortho intramolecular Hbond substituents is 1. The van der Waals surface area contributed by atoms with E-state index in [-0.39, 0.29) is 44.9 Å². The van der Waals surface area contributed by atoms with Crippen LogP contribution in [0.3, 0.4) is 0 Å². The van der Waals surface area contributed by atoms with E-state index in [1.165, 1.54) is 11.1 Å². The predicted octanol–water partition coefficient (Wildman–Crippen LogP) is 6.41. The van der Waals surface area contributed by atoms with Gasteiger partial charge < -0.3 is 14.6 Å². The first kappa shape index (κ1) is 23.6. The molecule has 0 radical (unpaired) electrons. The van der Waals surface area contributed by atoms with Gasteiger partial charge in [-0.05, 0) is 47.7 Å². The Morgan fingerprint density at radius 1 is 1.09 bits per heavy atom. The van der Waals surface area contributed by atoms with Crippen LogP contribution in [-0.4, -0.2) is 22.1 Å². The summed E-state index contributed by atoms with van der Waals surface area (Å²) in [7, 11) is 0. The second-order valence-corrected chi connectivity index (χ2v) is 9.39. The third-order valence-corrected chi connectivity index (χ3v) is 6.54. The van der Waals surface area contributed by atoms with Crippen molar-refractivity contribution in [2.75, 3.05) is 0 Å². The standard InChI is InChI=1S/C29H25N2O3.Pt/c1-16(2)20-12-21(29-31-28-23-7-5-4-6-18(23)15-25(28)34-29)14-22(13-20)33-26-9-8-19-10-17(3)11-24(32)27(19)30-26;/h4-13,16,25,28,32H,15H2,1-3H3;/q-1;/t25-,28-;/m0./s1. The Morgan fingerprint density at radius 3 is 2.74 bits per heavy atom. The first-order valence-corrected chi connectivity index (χ1v) is 11.6. The maximum Gasteiger partial charge on any atom is 0.217 e. The molecular formula is C29H25N2O3Pt-. The van der Waals surface area contributed by atoms with Crippen LogP contribution in [0.2, 0.25) is 0 Å². The number of ether oxygens (including phenoxy) is 2. The molecule has 0 fully saturated rings. The molecule has 6 rings (SSSR count). The molecular weight excluding hydrogens is 619 g/mol. The second kappa shape index (κ2) is 9.12. The van der Waals surface area contributed by atoms with Gasteiger partial charge in [0.05, 0.1) is 0 Å². The summed E-state index contributed by atoms with van der Waals surface area (Å²) in [5.41, 5.74) is 5.93. The molecule has 1 aromatic heterocycles. The predicted molar refractivity (Wildman–Crippen MR) is 132 cm³/mol. The van der Waals surface area contributed by atoms with Gasteiger partial charge in [-0.1, -0.05) is 55.8 Å². The molecule has 35 heavy (non-hydrogen) atoms. The van der Waals surface area contributed by atoms with E-state index in [2.05, 4.69) is 55.2 Å². The maximum absolute atomic E-state index is 10.3. The Kier molecular flexibility index (Phi) is 6.14. The number of nitrogens with zero attached hydrogens (tertiary/aromatic N) is 2. The number of rotatable bonds is 4. The fraction of sp³-hybridized carbons (Fsp3) is 0.241. The monoisotopic (exact) mass is 644 g/mol. The quantitative estimate of drug-likeness (QED) is 0.261. The molecule has 2 aliphatic rings. The number of pyridine rings is 1. The van der Waals surface area contributed by atoms with Gasteiger partial charge in [-0.2, -0.15) is 0 Å². The number of aryl methyl sites for hydroxylation is 1. The van der Waals surface area contributed by atoms with Crippen molar-refractivity contribution in [3.05, 3.63) is 94.5 Å². The third-order valence-electron chi connectivity index (χ3n) is 6.54. The number of hydrogen-bond donors (Lipinski definition) is 1. The smallest absolute Gasteiger partial charge is 0.217 e. The molecule has 0 saturated carbocycles. The van der Waals surface area contributed by atoms with E-state index >= 15 is 0 Å². The van der Waals surface area contributed by atoms with Crippen LogP contribution < -0.4 is 4.74 Å². The van der Waals surface area contributed by atoms with Gasteiger partial charge in [0.2, 0.25) is 5.88 Å². The van der Waals surface area contributed by atoms with E-state index in [9.17, 15) is 5.11 Å². The first-order valence-electron chi connectivity index (χ1n) is 11.6.